The summed E-state index contributed by atoms with van der Waals surface area (Å²) in [6.07, 6.45) is 1.43. The van der Waals surface area contributed by atoms with Crippen molar-refractivity contribution < 1.29 is 24.2 Å². The smallest absolute Gasteiger partial charge is 0.302 e. The fourth-order valence-electron chi connectivity index (χ4n) is 2.86. The molecule has 140 valence electrons. The molecular weight excluding hydrogens is 362 g/mol. The van der Waals surface area contributed by atoms with E-state index in [0.717, 1.165) is 12.0 Å². The highest BCUT2D eigenvalue weighted by Crippen LogP contribution is 2.39. The van der Waals surface area contributed by atoms with Crippen molar-refractivity contribution in [1.82, 2.24) is 10.2 Å². The molecule has 1 saturated heterocycles. The number of esters is 1. The predicted octanol–water partition coefficient (Wildman–Crippen LogP) is 1.36. The van der Waals surface area contributed by atoms with Crippen LogP contribution in [-0.4, -0.2) is 53.7 Å². The Labute approximate surface area is 155 Å². The number of aliphatic imine (C=N–C) groups is 1. The average molecular weight is 382 g/mol. The third kappa shape index (κ3) is 3.76. The number of guanidine groups is 1. The fraction of sp³-hybridized carbons (Fsp3) is 0.471. The number of nitrogens with zero attached hydrogens (tertiary/aromatic N) is 2. The zero-order valence-corrected chi connectivity index (χ0v) is 15.1. The Hall–Kier alpha value is -2.32. The van der Waals surface area contributed by atoms with Gasteiger partial charge in [0.1, 0.15) is 11.8 Å². The van der Waals surface area contributed by atoms with Crippen molar-refractivity contribution in [1.29, 1.82) is 0 Å². The number of nitrogens with one attached hydrogen (secondary N) is 1. The minimum atomic E-state index is -0.663. The molecule has 1 aromatic carbocycles. The third-order valence-corrected chi connectivity index (χ3v) is 4.61. The van der Waals surface area contributed by atoms with E-state index < -0.39 is 6.04 Å². The van der Waals surface area contributed by atoms with Gasteiger partial charge in [-0.05, 0) is 25.0 Å². The van der Waals surface area contributed by atoms with Crippen molar-refractivity contribution in [3.05, 3.63) is 22.7 Å². The van der Waals surface area contributed by atoms with Crippen molar-refractivity contribution >= 4 is 35.1 Å². The molecule has 1 unspecified atom stereocenters. The number of aliphatic hydroxyl groups is 1. The Morgan fingerprint density at radius 3 is 2.92 bits per heavy atom. The molecule has 2 aliphatic rings. The number of halogens is 1. The number of amides is 1. The second-order valence-corrected chi connectivity index (χ2v) is 6.40. The lowest BCUT2D eigenvalue weighted by molar-refractivity contribution is -0.141. The molecule has 1 fully saturated rings. The molecule has 0 spiro atoms. The molecule has 0 radical (unpaired) electrons. The van der Waals surface area contributed by atoms with E-state index in [1.54, 1.807) is 17.0 Å². The SMILES string of the molecule is CC(=O)OCCCCOc1ccc2c(c1Cl)CN1C(=N2)NC(=O)C1CO. The van der Waals surface area contributed by atoms with Crippen LogP contribution >= 0.6 is 11.6 Å². The first kappa shape index (κ1) is 18.5. The van der Waals surface area contributed by atoms with Gasteiger partial charge < -0.3 is 19.5 Å². The predicted molar refractivity (Wildman–Crippen MR) is 94.5 cm³/mol. The van der Waals surface area contributed by atoms with E-state index in [0.29, 0.717) is 48.6 Å². The highest BCUT2D eigenvalue weighted by Gasteiger charge is 2.39. The molecule has 2 aliphatic heterocycles. The molecule has 1 amide bonds. The lowest BCUT2D eigenvalue weighted by Crippen LogP contribution is -2.39. The Bertz CT molecular complexity index is 752. The summed E-state index contributed by atoms with van der Waals surface area (Å²) in [5, 5.41) is 12.5. The Morgan fingerprint density at radius 2 is 2.19 bits per heavy atom. The molecule has 0 bridgehead atoms. The minimum Gasteiger partial charge on any atom is -0.492 e. The van der Waals surface area contributed by atoms with Gasteiger partial charge in [-0.1, -0.05) is 11.6 Å². The van der Waals surface area contributed by atoms with Gasteiger partial charge in [-0.15, -0.1) is 0 Å². The number of fused-ring (bicyclic) bond motifs is 2. The van der Waals surface area contributed by atoms with Crippen LogP contribution in [0.5, 0.6) is 5.75 Å². The maximum absolute atomic E-state index is 11.9. The van der Waals surface area contributed by atoms with Crippen LogP contribution in [0.25, 0.3) is 0 Å². The van der Waals surface area contributed by atoms with Gasteiger partial charge in [0.15, 0.2) is 0 Å². The lowest BCUT2D eigenvalue weighted by Gasteiger charge is -2.28. The molecule has 2 heterocycles. The third-order valence-electron chi connectivity index (χ3n) is 4.20. The first-order chi connectivity index (χ1) is 12.5. The van der Waals surface area contributed by atoms with Crippen molar-refractivity contribution in [2.45, 2.75) is 32.4 Å². The number of benzene rings is 1. The monoisotopic (exact) mass is 381 g/mol. The molecule has 1 atom stereocenters. The molecule has 1 aromatic rings. The van der Waals surface area contributed by atoms with Crippen LogP contribution in [0.3, 0.4) is 0 Å². The van der Waals surface area contributed by atoms with E-state index in [2.05, 4.69) is 10.3 Å². The van der Waals surface area contributed by atoms with Gasteiger partial charge in [-0.2, -0.15) is 0 Å². The summed E-state index contributed by atoms with van der Waals surface area (Å²) < 4.78 is 10.6. The van der Waals surface area contributed by atoms with Gasteiger partial charge in [0.2, 0.25) is 5.96 Å². The van der Waals surface area contributed by atoms with Gasteiger partial charge >= 0.3 is 5.97 Å². The van der Waals surface area contributed by atoms with Crippen LogP contribution in [0.1, 0.15) is 25.3 Å². The fourth-order valence-corrected chi connectivity index (χ4v) is 3.13. The van der Waals surface area contributed by atoms with E-state index in [4.69, 9.17) is 21.1 Å². The number of carbonyl (C=O) groups excluding carboxylic acids is 2. The number of aliphatic hydroxyl groups excluding tert-OH is 1. The highest BCUT2D eigenvalue weighted by atomic mass is 35.5. The quantitative estimate of drug-likeness (QED) is 0.546. The molecule has 9 heteroatoms. The molecular formula is C17H20ClN3O5. The molecule has 8 nitrogen and oxygen atoms in total. The summed E-state index contributed by atoms with van der Waals surface area (Å²) in [5.41, 5.74) is 1.42. The van der Waals surface area contributed by atoms with Gasteiger partial charge in [0.05, 0.1) is 37.1 Å². The van der Waals surface area contributed by atoms with Crippen LogP contribution in [0.2, 0.25) is 5.02 Å². The number of unbranched alkanes of at least 4 members (excludes halogenated alkanes) is 1. The highest BCUT2D eigenvalue weighted by molar-refractivity contribution is 6.33. The molecule has 2 N–H and O–H groups in total. The first-order valence-electron chi connectivity index (χ1n) is 8.36. The second-order valence-electron chi connectivity index (χ2n) is 6.02. The molecule has 0 aromatic heterocycles. The van der Waals surface area contributed by atoms with Gasteiger partial charge in [-0.25, -0.2) is 4.99 Å². The van der Waals surface area contributed by atoms with Crippen molar-refractivity contribution in [3.8, 4) is 5.75 Å². The van der Waals surface area contributed by atoms with Crippen molar-refractivity contribution in [2.24, 2.45) is 4.99 Å². The number of hydrogen-bond donors (Lipinski definition) is 2. The Balaban J connectivity index is 1.64. The average Bonchev–Trinajstić information content (AvgIpc) is 2.92. The van der Waals surface area contributed by atoms with Crippen LogP contribution in [0.4, 0.5) is 5.69 Å². The number of hydrogen-bond acceptors (Lipinski definition) is 7. The topological polar surface area (TPSA) is 100 Å². The van der Waals surface area contributed by atoms with E-state index in [-0.39, 0.29) is 18.5 Å². The summed E-state index contributed by atoms with van der Waals surface area (Å²) in [5.74, 6) is 0.395. The van der Waals surface area contributed by atoms with Crippen LogP contribution in [0.15, 0.2) is 17.1 Å². The summed E-state index contributed by atoms with van der Waals surface area (Å²) in [7, 11) is 0. The standard InChI is InChI=1S/C17H20ClN3O5/c1-10(23)25-6-2-3-7-26-14-5-4-12-11(15(14)18)8-21-13(9-22)16(24)20-17(21)19-12/h4-5,13,22H,2-3,6-9H2,1H3,(H,19,20,24). The van der Waals surface area contributed by atoms with Crippen LogP contribution in [0, 0.1) is 0 Å². The van der Waals surface area contributed by atoms with E-state index >= 15 is 0 Å². The maximum Gasteiger partial charge on any atom is 0.302 e. The van der Waals surface area contributed by atoms with E-state index in [9.17, 15) is 14.7 Å². The van der Waals surface area contributed by atoms with E-state index in [1.165, 1.54) is 6.92 Å². The normalized spacial score (nSPS) is 18.0. The number of carbonyl (C=O) groups is 2. The zero-order valence-electron chi connectivity index (χ0n) is 14.3. The summed E-state index contributed by atoms with van der Waals surface area (Å²) >= 11 is 6.47. The maximum atomic E-state index is 11.9. The van der Waals surface area contributed by atoms with Gasteiger partial charge in [0.25, 0.3) is 5.91 Å². The molecule has 26 heavy (non-hydrogen) atoms. The van der Waals surface area contributed by atoms with Crippen LogP contribution in [-0.2, 0) is 20.9 Å². The van der Waals surface area contributed by atoms with Crippen molar-refractivity contribution in [3.63, 3.8) is 0 Å². The molecule has 0 aliphatic carbocycles. The number of ether oxygens (including phenoxy) is 2. The minimum absolute atomic E-state index is 0.278. The summed E-state index contributed by atoms with van der Waals surface area (Å²) in [6, 6.07) is 2.87. The molecule has 0 saturated carbocycles. The zero-order chi connectivity index (χ0) is 18.7. The van der Waals surface area contributed by atoms with Gasteiger partial charge in [0, 0.05) is 12.5 Å². The lowest BCUT2D eigenvalue weighted by atomic mass is 10.1. The van der Waals surface area contributed by atoms with Crippen molar-refractivity contribution in [2.75, 3.05) is 19.8 Å². The second kappa shape index (κ2) is 7.92. The first-order valence-corrected chi connectivity index (χ1v) is 8.73. The number of rotatable bonds is 7. The largest absolute Gasteiger partial charge is 0.492 e. The molecule has 3 rings (SSSR count). The Morgan fingerprint density at radius 1 is 1.42 bits per heavy atom. The van der Waals surface area contributed by atoms with E-state index in [1.807, 2.05) is 0 Å². The Kier molecular flexibility index (Phi) is 5.63. The summed E-state index contributed by atoms with van der Waals surface area (Å²) in [4.78, 5) is 28.7. The van der Waals surface area contributed by atoms with Gasteiger partial charge in [-0.3, -0.25) is 14.9 Å². The summed E-state index contributed by atoms with van der Waals surface area (Å²) in [6.45, 7) is 2.25. The van der Waals surface area contributed by atoms with Crippen LogP contribution < -0.4 is 10.1 Å².